The van der Waals surface area contributed by atoms with Gasteiger partial charge >= 0.3 is 5.97 Å². The highest BCUT2D eigenvalue weighted by Gasteiger charge is 2.55. The number of carbonyl (C=O) groups excluding carboxylic acids is 2. The van der Waals surface area contributed by atoms with E-state index in [2.05, 4.69) is 19.9 Å². The maximum absolute atomic E-state index is 12.1. The normalized spacial score (nSPS) is 48.6. The summed E-state index contributed by atoms with van der Waals surface area (Å²) >= 11 is 0. The first-order chi connectivity index (χ1) is 13.9. The molecular weight excluding hydrogens is 360 g/mol. The summed E-state index contributed by atoms with van der Waals surface area (Å²) in [6.45, 7) is 5.67. The van der Waals surface area contributed by atoms with Gasteiger partial charge in [0.2, 0.25) is 0 Å². The van der Waals surface area contributed by atoms with Gasteiger partial charge in [-0.1, -0.05) is 19.9 Å². The van der Waals surface area contributed by atoms with Gasteiger partial charge in [-0.05, 0) is 98.2 Å². The van der Waals surface area contributed by atoms with Gasteiger partial charge in [0.25, 0.3) is 0 Å². The molecule has 4 aliphatic carbocycles. The number of allylic oxidation sites excluding steroid dienone is 1. The van der Waals surface area contributed by atoms with E-state index in [4.69, 9.17) is 4.74 Å². The van der Waals surface area contributed by atoms with E-state index < -0.39 is 0 Å². The summed E-state index contributed by atoms with van der Waals surface area (Å²) in [5.41, 5.74) is 1.73. The van der Waals surface area contributed by atoms with Crippen molar-refractivity contribution in [3.8, 4) is 0 Å². The van der Waals surface area contributed by atoms with Crippen LogP contribution in [-0.2, 0) is 14.3 Å². The molecule has 0 amide bonds. The quantitative estimate of drug-likeness (QED) is 0.432. The SMILES string of the molecule is CC12CCC3C(CCC4CC(=O)CCC43C)C(CCC1C/C=C1\CCOC1=O)C2. The van der Waals surface area contributed by atoms with Crippen LogP contribution in [0.4, 0.5) is 0 Å². The van der Waals surface area contributed by atoms with Gasteiger partial charge in [0, 0.05) is 24.8 Å². The summed E-state index contributed by atoms with van der Waals surface area (Å²) in [4.78, 5) is 24.0. The number of cyclic esters (lactones) is 1. The van der Waals surface area contributed by atoms with Crippen LogP contribution < -0.4 is 0 Å². The fourth-order valence-corrected chi connectivity index (χ4v) is 8.44. The van der Waals surface area contributed by atoms with Crippen molar-refractivity contribution in [2.24, 2.45) is 40.4 Å². The maximum Gasteiger partial charge on any atom is 0.333 e. The highest BCUT2D eigenvalue weighted by atomic mass is 16.5. The Morgan fingerprint density at radius 3 is 2.69 bits per heavy atom. The summed E-state index contributed by atoms with van der Waals surface area (Å²) in [5.74, 6) is 4.37. The molecule has 0 radical (unpaired) electrons. The van der Waals surface area contributed by atoms with Crippen LogP contribution in [0.3, 0.4) is 0 Å². The lowest BCUT2D eigenvalue weighted by molar-refractivity contribution is -0.135. The topological polar surface area (TPSA) is 43.4 Å². The number of ketones is 1. The average Bonchev–Trinajstić information content (AvgIpc) is 3.05. The zero-order valence-corrected chi connectivity index (χ0v) is 18.4. The Labute approximate surface area is 176 Å². The molecule has 2 bridgehead atoms. The molecule has 3 heteroatoms. The predicted molar refractivity (Wildman–Crippen MR) is 113 cm³/mol. The summed E-state index contributed by atoms with van der Waals surface area (Å²) in [6, 6.07) is 0. The van der Waals surface area contributed by atoms with Crippen molar-refractivity contribution in [3.63, 3.8) is 0 Å². The predicted octanol–water partition coefficient (Wildman–Crippen LogP) is 5.87. The molecule has 1 aliphatic heterocycles. The number of fused-ring (bicyclic) bond motifs is 6. The standard InChI is InChI=1S/C26H38O3/c1-25-12-10-23-22(8-7-20-15-21(27)9-13-26(20,23)2)18(16-25)4-6-19(25)5-3-17-11-14-29-24(17)28/h3,18-20,22-23H,4-16H2,1-2H3/b17-3+. The number of hydrogen-bond acceptors (Lipinski definition) is 3. The third-order valence-electron chi connectivity index (χ3n) is 10.3. The molecule has 0 aromatic rings. The van der Waals surface area contributed by atoms with Gasteiger partial charge in [0.1, 0.15) is 5.78 Å². The number of ether oxygens (including phenoxy) is 1. The Bertz CT molecular complexity index is 723. The Hall–Kier alpha value is -1.12. The smallest absolute Gasteiger partial charge is 0.333 e. The van der Waals surface area contributed by atoms with Crippen LogP contribution in [0.1, 0.15) is 90.9 Å². The lowest BCUT2D eigenvalue weighted by atomic mass is 9.50. The van der Waals surface area contributed by atoms with Crippen molar-refractivity contribution in [1.82, 2.24) is 0 Å². The van der Waals surface area contributed by atoms with Gasteiger partial charge < -0.3 is 4.74 Å². The van der Waals surface area contributed by atoms with Crippen molar-refractivity contribution >= 4 is 11.8 Å². The van der Waals surface area contributed by atoms with E-state index in [-0.39, 0.29) is 5.97 Å². The zero-order chi connectivity index (χ0) is 20.2. The summed E-state index contributed by atoms with van der Waals surface area (Å²) in [6.07, 6.45) is 16.3. The summed E-state index contributed by atoms with van der Waals surface area (Å²) in [5, 5.41) is 0. The molecule has 5 aliphatic rings. The molecule has 1 heterocycles. The van der Waals surface area contributed by atoms with E-state index in [1.807, 2.05) is 0 Å². The van der Waals surface area contributed by atoms with Crippen LogP contribution in [0.15, 0.2) is 11.6 Å². The average molecular weight is 399 g/mol. The molecule has 0 spiro atoms. The van der Waals surface area contributed by atoms with Crippen LogP contribution in [-0.4, -0.2) is 18.4 Å². The lowest BCUT2D eigenvalue weighted by Gasteiger charge is -2.55. The van der Waals surface area contributed by atoms with E-state index >= 15 is 0 Å². The van der Waals surface area contributed by atoms with Crippen LogP contribution in [0.25, 0.3) is 0 Å². The minimum atomic E-state index is -0.0819. The minimum Gasteiger partial charge on any atom is -0.462 e. The lowest BCUT2D eigenvalue weighted by Crippen LogP contribution is -2.48. The fourth-order valence-electron chi connectivity index (χ4n) is 8.44. The van der Waals surface area contributed by atoms with Crippen LogP contribution in [0.2, 0.25) is 0 Å². The molecule has 0 aromatic heterocycles. The Morgan fingerprint density at radius 2 is 1.90 bits per heavy atom. The first-order valence-corrected chi connectivity index (χ1v) is 12.3. The largest absolute Gasteiger partial charge is 0.462 e. The zero-order valence-electron chi connectivity index (χ0n) is 18.4. The third kappa shape index (κ3) is 3.31. The first-order valence-electron chi connectivity index (χ1n) is 12.3. The molecule has 4 saturated carbocycles. The van der Waals surface area contributed by atoms with E-state index in [1.165, 1.54) is 44.9 Å². The van der Waals surface area contributed by atoms with E-state index in [0.29, 0.717) is 35.1 Å². The van der Waals surface area contributed by atoms with Crippen molar-refractivity contribution < 1.29 is 14.3 Å². The number of esters is 1. The molecule has 1 saturated heterocycles. The molecule has 29 heavy (non-hydrogen) atoms. The molecule has 160 valence electrons. The minimum absolute atomic E-state index is 0.0819. The van der Waals surface area contributed by atoms with Gasteiger partial charge in [-0.15, -0.1) is 0 Å². The Kier molecular flexibility index (Phi) is 4.95. The second kappa shape index (κ2) is 7.24. The van der Waals surface area contributed by atoms with E-state index in [1.54, 1.807) is 0 Å². The van der Waals surface area contributed by atoms with Crippen LogP contribution in [0.5, 0.6) is 0 Å². The second-order valence-electron chi connectivity index (χ2n) is 11.6. The van der Waals surface area contributed by atoms with Crippen molar-refractivity contribution in [1.29, 1.82) is 0 Å². The summed E-state index contributed by atoms with van der Waals surface area (Å²) < 4.78 is 5.13. The van der Waals surface area contributed by atoms with Crippen LogP contribution in [0, 0.1) is 40.4 Å². The molecule has 5 rings (SSSR count). The van der Waals surface area contributed by atoms with E-state index in [0.717, 1.165) is 55.4 Å². The number of hydrogen-bond donors (Lipinski definition) is 0. The molecular formula is C26H38O3. The van der Waals surface area contributed by atoms with Crippen molar-refractivity contribution in [2.45, 2.75) is 90.9 Å². The van der Waals surface area contributed by atoms with Gasteiger partial charge in [0.05, 0.1) is 6.61 Å². The molecule has 0 N–H and O–H groups in total. The molecule has 3 nitrogen and oxygen atoms in total. The third-order valence-corrected chi connectivity index (χ3v) is 10.3. The Morgan fingerprint density at radius 1 is 1.03 bits per heavy atom. The van der Waals surface area contributed by atoms with Crippen molar-refractivity contribution in [3.05, 3.63) is 11.6 Å². The molecule has 0 aromatic carbocycles. The van der Waals surface area contributed by atoms with Crippen LogP contribution >= 0.6 is 0 Å². The van der Waals surface area contributed by atoms with Gasteiger partial charge in [-0.3, -0.25) is 4.79 Å². The molecule has 7 atom stereocenters. The summed E-state index contributed by atoms with van der Waals surface area (Å²) in [7, 11) is 0. The first kappa shape index (κ1) is 19.8. The highest BCUT2D eigenvalue weighted by Crippen LogP contribution is 2.64. The fraction of sp³-hybridized carbons (Fsp3) is 0.846. The number of carbonyl (C=O) groups is 2. The van der Waals surface area contributed by atoms with Gasteiger partial charge in [-0.2, -0.15) is 0 Å². The van der Waals surface area contributed by atoms with Gasteiger partial charge in [0.15, 0.2) is 0 Å². The number of rotatable bonds is 2. The second-order valence-corrected chi connectivity index (χ2v) is 11.6. The van der Waals surface area contributed by atoms with Gasteiger partial charge in [-0.25, -0.2) is 4.79 Å². The molecule has 5 fully saturated rings. The number of Topliss-reactive ketones (excluding diaryl/α,β-unsaturated/α-hetero) is 1. The monoisotopic (exact) mass is 398 g/mol. The maximum atomic E-state index is 12.1. The van der Waals surface area contributed by atoms with E-state index in [9.17, 15) is 9.59 Å². The Balaban J connectivity index is 1.35. The molecule has 7 unspecified atom stereocenters. The van der Waals surface area contributed by atoms with Crippen molar-refractivity contribution in [2.75, 3.05) is 6.61 Å². The highest BCUT2D eigenvalue weighted by molar-refractivity contribution is 5.90.